The number of carbonyl (C=O) groups is 1. The van der Waals surface area contributed by atoms with Gasteiger partial charge in [-0.1, -0.05) is 24.3 Å². The molecule has 2 unspecified atom stereocenters. The third-order valence-electron chi connectivity index (χ3n) is 5.16. The molecule has 0 radical (unpaired) electrons. The van der Waals surface area contributed by atoms with E-state index >= 15 is 0 Å². The van der Waals surface area contributed by atoms with Crippen LogP contribution in [0.15, 0.2) is 42.5 Å². The predicted octanol–water partition coefficient (Wildman–Crippen LogP) is 3.64. The first-order valence-electron chi connectivity index (χ1n) is 8.33. The van der Waals surface area contributed by atoms with E-state index in [9.17, 15) is 13.6 Å². The number of para-hydroxylation sites is 1. The number of alkyl halides is 2. The molecule has 5 nitrogen and oxygen atoms in total. The largest absolute Gasteiger partial charge is 0.493 e. The molecule has 2 aromatic carbocycles. The first-order valence-corrected chi connectivity index (χ1v) is 8.33. The van der Waals surface area contributed by atoms with Crippen LogP contribution >= 0.6 is 12.4 Å². The van der Waals surface area contributed by atoms with E-state index in [-0.39, 0.29) is 35.9 Å². The molecule has 1 spiro atoms. The van der Waals surface area contributed by atoms with Crippen LogP contribution in [0.25, 0.3) is 0 Å². The maximum Gasteiger partial charge on any atom is 0.387 e. The fourth-order valence-electron chi connectivity index (χ4n) is 4.06. The quantitative estimate of drug-likeness (QED) is 0.828. The molecule has 2 atom stereocenters. The SMILES string of the molecule is COc1cc(C2NCCC23C(=O)Nc2ccccc23)ccc1OC(F)F.Cl. The van der Waals surface area contributed by atoms with Gasteiger partial charge in [-0.05, 0) is 42.3 Å². The van der Waals surface area contributed by atoms with Gasteiger partial charge in [-0.3, -0.25) is 4.79 Å². The first-order chi connectivity index (χ1) is 12.6. The number of fused-ring (bicyclic) bond motifs is 2. The lowest BCUT2D eigenvalue weighted by atomic mass is 9.73. The summed E-state index contributed by atoms with van der Waals surface area (Å²) in [5.74, 6) is 0.119. The maximum atomic E-state index is 12.9. The Morgan fingerprint density at radius 3 is 2.70 bits per heavy atom. The summed E-state index contributed by atoms with van der Waals surface area (Å²) in [6.07, 6.45) is 0.651. The molecule has 2 aliphatic heterocycles. The fourth-order valence-corrected chi connectivity index (χ4v) is 4.06. The van der Waals surface area contributed by atoms with Crippen molar-refractivity contribution >= 4 is 24.0 Å². The molecule has 0 aromatic heterocycles. The molecule has 0 saturated carbocycles. The number of carbonyl (C=O) groups excluding carboxylic acids is 1. The second-order valence-electron chi connectivity index (χ2n) is 6.40. The number of benzene rings is 2. The summed E-state index contributed by atoms with van der Waals surface area (Å²) in [6.45, 7) is -2.26. The molecule has 0 bridgehead atoms. The molecule has 2 heterocycles. The molecular formula is C19H19ClF2N2O3. The van der Waals surface area contributed by atoms with Crippen molar-refractivity contribution in [2.24, 2.45) is 0 Å². The van der Waals surface area contributed by atoms with Crippen LogP contribution in [0, 0.1) is 0 Å². The van der Waals surface area contributed by atoms with Crippen molar-refractivity contribution in [1.29, 1.82) is 0 Å². The van der Waals surface area contributed by atoms with E-state index in [1.807, 2.05) is 24.3 Å². The Bertz CT molecular complexity index is 865. The Labute approximate surface area is 161 Å². The minimum atomic E-state index is -2.93. The maximum absolute atomic E-state index is 12.9. The van der Waals surface area contributed by atoms with Crippen molar-refractivity contribution in [3.8, 4) is 11.5 Å². The van der Waals surface area contributed by atoms with E-state index in [2.05, 4.69) is 15.4 Å². The zero-order chi connectivity index (χ0) is 18.3. The van der Waals surface area contributed by atoms with Crippen LogP contribution < -0.4 is 20.1 Å². The fraction of sp³-hybridized carbons (Fsp3) is 0.316. The Morgan fingerprint density at radius 2 is 1.96 bits per heavy atom. The van der Waals surface area contributed by atoms with Crippen LogP contribution in [-0.4, -0.2) is 26.2 Å². The Kier molecular flexibility index (Phi) is 5.26. The zero-order valence-corrected chi connectivity index (χ0v) is 15.3. The van der Waals surface area contributed by atoms with Gasteiger partial charge in [0.2, 0.25) is 5.91 Å². The van der Waals surface area contributed by atoms with E-state index in [0.717, 1.165) is 16.8 Å². The normalized spacial score (nSPS) is 23.1. The van der Waals surface area contributed by atoms with Gasteiger partial charge in [-0.2, -0.15) is 8.78 Å². The first kappa shape index (κ1) is 19.4. The van der Waals surface area contributed by atoms with Crippen molar-refractivity contribution in [1.82, 2.24) is 5.32 Å². The van der Waals surface area contributed by atoms with Crippen LogP contribution in [0.2, 0.25) is 0 Å². The molecule has 2 aromatic rings. The number of ether oxygens (including phenoxy) is 2. The number of nitrogens with one attached hydrogen (secondary N) is 2. The van der Waals surface area contributed by atoms with Gasteiger partial charge in [-0.25, -0.2) is 0 Å². The lowest BCUT2D eigenvalue weighted by molar-refractivity contribution is -0.121. The van der Waals surface area contributed by atoms with Crippen molar-refractivity contribution in [2.75, 3.05) is 19.0 Å². The van der Waals surface area contributed by atoms with Crippen LogP contribution in [0.1, 0.15) is 23.6 Å². The Hall–Kier alpha value is -2.38. The summed E-state index contributed by atoms with van der Waals surface area (Å²) in [5.41, 5.74) is 1.82. The average Bonchev–Trinajstić information content (AvgIpc) is 3.19. The number of amides is 1. The molecule has 8 heteroatoms. The van der Waals surface area contributed by atoms with Crippen molar-refractivity contribution in [2.45, 2.75) is 24.5 Å². The van der Waals surface area contributed by atoms with Gasteiger partial charge in [0.05, 0.1) is 18.6 Å². The second-order valence-corrected chi connectivity index (χ2v) is 6.40. The number of hydrogen-bond donors (Lipinski definition) is 2. The standard InChI is InChI=1S/C19H18F2N2O3.ClH/c1-25-15-10-11(6-7-14(15)26-18(20)21)16-19(8-9-22-16)12-4-2-3-5-13(12)23-17(19)24;/h2-7,10,16,18,22H,8-9H2,1H3,(H,23,24);1H. The van der Waals surface area contributed by atoms with E-state index in [0.29, 0.717) is 13.0 Å². The Morgan fingerprint density at radius 1 is 1.19 bits per heavy atom. The van der Waals surface area contributed by atoms with Crippen molar-refractivity contribution < 1.29 is 23.0 Å². The molecule has 1 fully saturated rings. The van der Waals surface area contributed by atoms with Gasteiger partial charge in [0.25, 0.3) is 0 Å². The molecule has 2 aliphatic rings. The molecule has 144 valence electrons. The average molecular weight is 397 g/mol. The van der Waals surface area contributed by atoms with Crippen molar-refractivity contribution in [3.63, 3.8) is 0 Å². The number of hydrogen-bond acceptors (Lipinski definition) is 4. The molecule has 27 heavy (non-hydrogen) atoms. The molecule has 1 amide bonds. The minimum absolute atomic E-state index is 0. The van der Waals surface area contributed by atoms with Crippen LogP contribution in [0.5, 0.6) is 11.5 Å². The number of halogens is 3. The summed E-state index contributed by atoms with van der Waals surface area (Å²) >= 11 is 0. The van der Waals surface area contributed by atoms with Crippen molar-refractivity contribution in [3.05, 3.63) is 53.6 Å². The number of methoxy groups -OCH3 is 1. The molecule has 1 saturated heterocycles. The topological polar surface area (TPSA) is 59.6 Å². The number of anilines is 1. The highest BCUT2D eigenvalue weighted by Crippen LogP contribution is 2.51. The van der Waals surface area contributed by atoms with E-state index in [1.54, 1.807) is 12.1 Å². The summed E-state index contributed by atoms with van der Waals surface area (Å²) < 4.78 is 34.8. The minimum Gasteiger partial charge on any atom is -0.493 e. The van der Waals surface area contributed by atoms with Gasteiger partial charge < -0.3 is 20.1 Å². The monoisotopic (exact) mass is 396 g/mol. The third kappa shape index (κ3) is 3.00. The second kappa shape index (κ2) is 7.32. The highest BCUT2D eigenvalue weighted by atomic mass is 35.5. The van der Waals surface area contributed by atoms with Gasteiger partial charge >= 0.3 is 6.61 Å². The summed E-state index contributed by atoms with van der Waals surface area (Å²) in [4.78, 5) is 12.9. The highest BCUT2D eigenvalue weighted by Gasteiger charge is 2.55. The van der Waals surface area contributed by atoms with E-state index in [1.165, 1.54) is 13.2 Å². The summed E-state index contributed by atoms with van der Waals surface area (Å²) in [7, 11) is 1.40. The van der Waals surface area contributed by atoms with Crippen LogP contribution in [0.4, 0.5) is 14.5 Å². The van der Waals surface area contributed by atoms with E-state index in [4.69, 9.17) is 4.74 Å². The summed E-state index contributed by atoms with van der Waals surface area (Å²) in [6, 6.07) is 12.1. The lowest BCUT2D eigenvalue weighted by Crippen LogP contribution is -2.39. The van der Waals surface area contributed by atoms with Crippen LogP contribution in [0.3, 0.4) is 0 Å². The number of rotatable bonds is 4. The molecule has 0 aliphatic carbocycles. The summed E-state index contributed by atoms with van der Waals surface area (Å²) in [5, 5.41) is 6.35. The Balaban J connectivity index is 0.00000210. The van der Waals surface area contributed by atoms with Gasteiger partial charge in [0, 0.05) is 5.69 Å². The molecule has 2 N–H and O–H groups in total. The smallest absolute Gasteiger partial charge is 0.387 e. The lowest BCUT2D eigenvalue weighted by Gasteiger charge is -2.30. The van der Waals surface area contributed by atoms with Gasteiger partial charge in [0.1, 0.15) is 0 Å². The highest BCUT2D eigenvalue weighted by molar-refractivity contribution is 6.07. The van der Waals surface area contributed by atoms with Gasteiger partial charge in [0.15, 0.2) is 11.5 Å². The zero-order valence-electron chi connectivity index (χ0n) is 14.5. The van der Waals surface area contributed by atoms with E-state index < -0.39 is 12.0 Å². The molecular weight excluding hydrogens is 378 g/mol. The predicted molar refractivity (Wildman–Crippen MR) is 99.0 cm³/mol. The third-order valence-corrected chi connectivity index (χ3v) is 5.16. The van der Waals surface area contributed by atoms with Crippen LogP contribution in [-0.2, 0) is 10.2 Å². The van der Waals surface area contributed by atoms with Gasteiger partial charge in [-0.15, -0.1) is 12.4 Å². The molecule has 4 rings (SSSR count).